The highest BCUT2D eigenvalue weighted by molar-refractivity contribution is 8.00. The van der Waals surface area contributed by atoms with E-state index in [9.17, 15) is 4.79 Å². The van der Waals surface area contributed by atoms with Crippen LogP contribution < -0.4 is 11.2 Å². The van der Waals surface area contributed by atoms with Gasteiger partial charge < -0.3 is 11.2 Å². The highest BCUT2D eigenvalue weighted by Gasteiger charge is 2.30. The Kier molecular flexibility index (Phi) is 5.46. The number of nitrogens with two attached hydrogens (primary N) is 1. The average Bonchev–Trinajstić information content (AvgIpc) is 3.32. The molecule has 0 aliphatic heterocycles. The van der Waals surface area contributed by atoms with Crippen LogP contribution in [0.2, 0.25) is 10.0 Å². The molecule has 134 valence electrons. The van der Waals surface area contributed by atoms with Gasteiger partial charge in [0.2, 0.25) is 11.1 Å². The Morgan fingerprint density at radius 3 is 2.72 bits per heavy atom. The topological polar surface area (TPSA) is 85.8 Å². The highest BCUT2D eigenvalue weighted by Crippen LogP contribution is 2.39. The van der Waals surface area contributed by atoms with Crippen LogP contribution in [0.1, 0.15) is 50.0 Å². The van der Waals surface area contributed by atoms with E-state index in [0.29, 0.717) is 21.1 Å². The molecule has 1 aliphatic rings. The minimum atomic E-state index is -0.368. The predicted molar refractivity (Wildman–Crippen MR) is 100 cm³/mol. The van der Waals surface area contributed by atoms with Crippen LogP contribution in [0.4, 0.5) is 0 Å². The molecule has 1 heterocycles. The second kappa shape index (κ2) is 7.43. The molecule has 0 spiro atoms. The van der Waals surface area contributed by atoms with Crippen molar-refractivity contribution in [3.05, 3.63) is 39.6 Å². The number of benzene rings is 1. The number of rotatable bonds is 6. The van der Waals surface area contributed by atoms with E-state index in [1.165, 1.54) is 16.4 Å². The number of aromatic nitrogens is 3. The van der Waals surface area contributed by atoms with Crippen molar-refractivity contribution >= 4 is 40.9 Å². The van der Waals surface area contributed by atoms with Crippen molar-refractivity contribution in [2.24, 2.45) is 0 Å². The van der Waals surface area contributed by atoms with Crippen molar-refractivity contribution in [2.45, 2.75) is 49.1 Å². The van der Waals surface area contributed by atoms with Crippen molar-refractivity contribution in [1.82, 2.24) is 20.2 Å². The molecular weight excluding hydrogens is 381 g/mol. The number of nitrogens with zero attached hydrogens (tertiary/aromatic N) is 3. The van der Waals surface area contributed by atoms with Crippen LogP contribution in [0.5, 0.6) is 0 Å². The molecule has 1 fully saturated rings. The lowest BCUT2D eigenvalue weighted by Crippen LogP contribution is -2.33. The molecule has 0 radical (unpaired) electrons. The maximum Gasteiger partial charge on any atom is 0.233 e. The molecule has 1 aliphatic carbocycles. The van der Waals surface area contributed by atoms with Crippen LogP contribution in [0.25, 0.3) is 0 Å². The predicted octanol–water partition coefficient (Wildman–Crippen LogP) is 3.53. The van der Waals surface area contributed by atoms with Crippen LogP contribution in [0.15, 0.2) is 23.4 Å². The molecule has 3 rings (SSSR count). The van der Waals surface area contributed by atoms with Crippen LogP contribution >= 0.6 is 35.0 Å². The number of halogens is 2. The van der Waals surface area contributed by atoms with Gasteiger partial charge in [0.25, 0.3) is 0 Å². The fraction of sp³-hybridized carbons (Fsp3) is 0.438. The second-order valence-corrected chi connectivity index (χ2v) is 8.29. The van der Waals surface area contributed by atoms with Gasteiger partial charge in [-0.1, -0.05) is 41.0 Å². The Balaban J connectivity index is 1.62. The summed E-state index contributed by atoms with van der Waals surface area (Å²) in [6.07, 6.45) is 2.19. The first-order valence-electron chi connectivity index (χ1n) is 7.99. The first kappa shape index (κ1) is 18.4. The zero-order valence-electron chi connectivity index (χ0n) is 13.9. The molecule has 1 amide bonds. The number of carbonyl (C=O) groups is 1. The molecular formula is C16H19Cl2N5OS. The van der Waals surface area contributed by atoms with E-state index in [4.69, 9.17) is 29.0 Å². The van der Waals surface area contributed by atoms with Gasteiger partial charge in [-0.3, -0.25) is 4.79 Å². The maximum atomic E-state index is 12.5. The van der Waals surface area contributed by atoms with Gasteiger partial charge in [0.05, 0.1) is 11.3 Å². The van der Waals surface area contributed by atoms with Crippen molar-refractivity contribution in [3.63, 3.8) is 0 Å². The Labute approximate surface area is 160 Å². The number of hydrogen-bond acceptors (Lipinski definition) is 5. The zero-order chi connectivity index (χ0) is 18.1. The number of nitrogens with one attached hydrogen (secondary N) is 1. The Hall–Kier alpha value is -1.44. The lowest BCUT2D eigenvalue weighted by molar-refractivity contribution is -0.120. The zero-order valence-corrected chi connectivity index (χ0v) is 16.2. The van der Waals surface area contributed by atoms with Crippen molar-refractivity contribution in [1.29, 1.82) is 0 Å². The van der Waals surface area contributed by atoms with Crippen LogP contribution in [-0.2, 0) is 4.79 Å². The average molecular weight is 400 g/mol. The third-order valence-electron chi connectivity index (χ3n) is 4.07. The van der Waals surface area contributed by atoms with Gasteiger partial charge in [0.15, 0.2) is 5.82 Å². The fourth-order valence-corrected chi connectivity index (χ4v) is 3.82. The lowest BCUT2D eigenvalue weighted by atomic mass is 10.1. The van der Waals surface area contributed by atoms with Gasteiger partial charge in [-0.15, -0.1) is 10.2 Å². The second-order valence-electron chi connectivity index (χ2n) is 6.14. The fourth-order valence-electron chi connectivity index (χ4n) is 2.46. The molecule has 1 aromatic heterocycles. The van der Waals surface area contributed by atoms with Crippen molar-refractivity contribution in [2.75, 3.05) is 5.84 Å². The van der Waals surface area contributed by atoms with Crippen LogP contribution in [0, 0.1) is 0 Å². The normalized spacial score (nSPS) is 16.5. The van der Waals surface area contributed by atoms with E-state index < -0.39 is 0 Å². The highest BCUT2D eigenvalue weighted by atomic mass is 35.5. The third-order valence-corrected chi connectivity index (χ3v) is 5.69. The summed E-state index contributed by atoms with van der Waals surface area (Å²) in [7, 11) is 0. The van der Waals surface area contributed by atoms with Gasteiger partial charge in [-0.2, -0.15) is 0 Å². The summed E-state index contributed by atoms with van der Waals surface area (Å²) >= 11 is 13.4. The number of carbonyl (C=O) groups excluding carboxylic acids is 1. The number of thioether (sulfide) groups is 1. The first-order chi connectivity index (χ1) is 11.9. The summed E-state index contributed by atoms with van der Waals surface area (Å²) in [6.45, 7) is 3.68. The summed E-state index contributed by atoms with van der Waals surface area (Å²) < 4.78 is 1.49. The Morgan fingerprint density at radius 1 is 1.36 bits per heavy atom. The van der Waals surface area contributed by atoms with Gasteiger partial charge in [0, 0.05) is 16.0 Å². The molecule has 3 N–H and O–H groups in total. The Bertz CT molecular complexity index is 793. The summed E-state index contributed by atoms with van der Waals surface area (Å²) in [4.78, 5) is 12.5. The Morgan fingerprint density at radius 2 is 2.08 bits per heavy atom. The number of hydrogen-bond donors (Lipinski definition) is 2. The molecule has 2 aromatic rings. The molecule has 25 heavy (non-hydrogen) atoms. The third kappa shape index (κ3) is 4.22. The summed E-state index contributed by atoms with van der Waals surface area (Å²) in [5, 5.41) is 12.4. The quantitative estimate of drug-likeness (QED) is 0.572. The van der Waals surface area contributed by atoms with E-state index in [-0.39, 0.29) is 17.2 Å². The molecule has 1 aromatic carbocycles. The minimum Gasteiger partial charge on any atom is -0.349 e. The summed E-state index contributed by atoms with van der Waals surface area (Å²) in [5.74, 6) is 7.10. The standard InChI is InChI=1S/C16H19Cl2N5OS/c1-8(12-6-5-11(17)7-13(12)18)20-15(24)9(2)25-16-22-21-14(23(16)19)10-3-4-10/h5-10H,3-4,19H2,1-2H3,(H,20,24)/t8-,9+/m1/s1. The lowest BCUT2D eigenvalue weighted by Gasteiger charge is -2.18. The molecule has 0 bridgehead atoms. The maximum absolute atomic E-state index is 12.5. The number of nitrogen functional groups attached to an aromatic ring is 1. The van der Waals surface area contributed by atoms with Gasteiger partial charge >= 0.3 is 0 Å². The van der Waals surface area contributed by atoms with E-state index in [1.807, 2.05) is 19.9 Å². The van der Waals surface area contributed by atoms with Crippen LogP contribution in [-0.4, -0.2) is 26.0 Å². The van der Waals surface area contributed by atoms with Crippen molar-refractivity contribution in [3.8, 4) is 0 Å². The largest absolute Gasteiger partial charge is 0.349 e. The minimum absolute atomic E-state index is 0.125. The van der Waals surface area contributed by atoms with Gasteiger partial charge in [0.1, 0.15) is 0 Å². The first-order valence-corrected chi connectivity index (χ1v) is 9.62. The molecule has 6 nitrogen and oxygen atoms in total. The SMILES string of the molecule is C[C@H](Sc1nnc(C2CC2)n1N)C(=O)N[C@H](C)c1ccc(Cl)cc1Cl. The van der Waals surface area contributed by atoms with Gasteiger partial charge in [-0.25, -0.2) is 4.68 Å². The van der Waals surface area contributed by atoms with E-state index in [0.717, 1.165) is 24.2 Å². The van der Waals surface area contributed by atoms with Crippen molar-refractivity contribution < 1.29 is 4.79 Å². The molecule has 2 atom stereocenters. The van der Waals surface area contributed by atoms with E-state index in [1.54, 1.807) is 12.1 Å². The molecule has 1 saturated carbocycles. The smallest absolute Gasteiger partial charge is 0.233 e. The van der Waals surface area contributed by atoms with Crippen LogP contribution in [0.3, 0.4) is 0 Å². The monoisotopic (exact) mass is 399 g/mol. The van der Waals surface area contributed by atoms with E-state index >= 15 is 0 Å². The number of amides is 1. The summed E-state index contributed by atoms with van der Waals surface area (Å²) in [6, 6.07) is 4.99. The molecule has 0 unspecified atom stereocenters. The van der Waals surface area contributed by atoms with E-state index in [2.05, 4.69) is 15.5 Å². The summed E-state index contributed by atoms with van der Waals surface area (Å²) in [5.41, 5.74) is 0.814. The molecule has 9 heteroatoms. The molecule has 0 saturated heterocycles. The van der Waals surface area contributed by atoms with Gasteiger partial charge in [-0.05, 0) is 44.4 Å².